The van der Waals surface area contributed by atoms with Gasteiger partial charge in [-0.25, -0.2) is 0 Å². The van der Waals surface area contributed by atoms with Crippen LogP contribution in [0.25, 0.3) is 0 Å². The fraction of sp³-hybridized carbons (Fsp3) is 0.0833. The number of benzene rings is 1. The van der Waals surface area contributed by atoms with Crippen LogP contribution in [0.5, 0.6) is 11.6 Å². The molecule has 1 heterocycles. The number of hydrogen-bond acceptors (Lipinski definition) is 5. The average Bonchev–Trinajstić information content (AvgIpc) is 2.33. The number of nitrogens with two attached hydrogens (primary N) is 1. The molecule has 0 saturated carbocycles. The van der Waals surface area contributed by atoms with Gasteiger partial charge in [0.25, 0.3) is 5.69 Å². The van der Waals surface area contributed by atoms with Crippen LogP contribution in [0, 0.1) is 17.0 Å². The molecule has 1 aromatic heterocycles. The fourth-order valence-corrected chi connectivity index (χ4v) is 1.72. The van der Waals surface area contributed by atoms with Gasteiger partial charge in [-0.3, -0.25) is 10.1 Å². The molecule has 2 rings (SSSR count). The summed E-state index contributed by atoms with van der Waals surface area (Å²) in [5.74, 6) is 0.666. The maximum atomic E-state index is 10.7. The average molecular weight is 324 g/mol. The zero-order chi connectivity index (χ0) is 14.0. The van der Waals surface area contributed by atoms with Crippen LogP contribution in [0.3, 0.4) is 0 Å². The highest BCUT2D eigenvalue weighted by molar-refractivity contribution is 9.10. The molecule has 0 aliphatic heterocycles. The van der Waals surface area contributed by atoms with Gasteiger partial charge in [-0.2, -0.15) is 4.98 Å². The van der Waals surface area contributed by atoms with E-state index in [1.807, 2.05) is 13.0 Å². The number of hydrogen-bond donors (Lipinski definition) is 1. The number of rotatable bonds is 3. The first-order valence-corrected chi connectivity index (χ1v) is 6.11. The summed E-state index contributed by atoms with van der Waals surface area (Å²) in [5, 5.41) is 10.7. The van der Waals surface area contributed by atoms with E-state index in [9.17, 15) is 10.1 Å². The van der Waals surface area contributed by atoms with Crippen molar-refractivity contribution in [1.29, 1.82) is 0 Å². The minimum Gasteiger partial charge on any atom is -0.439 e. The Hall–Kier alpha value is -2.15. The number of aryl methyl sites for hydroxylation is 1. The molecule has 0 aliphatic carbocycles. The number of aromatic nitrogens is 1. The third-order valence-corrected chi connectivity index (χ3v) is 3.26. The predicted molar refractivity (Wildman–Crippen MR) is 74.3 cm³/mol. The van der Waals surface area contributed by atoms with Crippen molar-refractivity contribution in [3.05, 3.63) is 50.5 Å². The Morgan fingerprint density at radius 3 is 2.74 bits per heavy atom. The van der Waals surface area contributed by atoms with Crippen molar-refractivity contribution < 1.29 is 9.66 Å². The Bertz CT molecular complexity index is 646. The zero-order valence-corrected chi connectivity index (χ0v) is 11.5. The van der Waals surface area contributed by atoms with Gasteiger partial charge in [0.1, 0.15) is 11.6 Å². The van der Waals surface area contributed by atoms with E-state index in [4.69, 9.17) is 10.5 Å². The van der Waals surface area contributed by atoms with Crippen LogP contribution in [0.15, 0.2) is 34.8 Å². The molecule has 0 aliphatic rings. The monoisotopic (exact) mass is 323 g/mol. The highest BCUT2D eigenvalue weighted by Crippen LogP contribution is 2.28. The molecule has 98 valence electrons. The van der Waals surface area contributed by atoms with Gasteiger partial charge >= 0.3 is 0 Å². The number of halogens is 1. The van der Waals surface area contributed by atoms with Crippen LogP contribution in [-0.2, 0) is 0 Å². The normalized spacial score (nSPS) is 10.2. The lowest BCUT2D eigenvalue weighted by molar-refractivity contribution is -0.384. The fourth-order valence-electron chi connectivity index (χ4n) is 1.47. The smallest absolute Gasteiger partial charge is 0.278 e. The molecular formula is C12H10BrN3O3. The number of pyridine rings is 1. The van der Waals surface area contributed by atoms with Crippen molar-refractivity contribution in [1.82, 2.24) is 4.98 Å². The topological polar surface area (TPSA) is 91.3 Å². The van der Waals surface area contributed by atoms with Gasteiger partial charge in [0, 0.05) is 4.47 Å². The second-order valence-electron chi connectivity index (χ2n) is 3.86. The maximum Gasteiger partial charge on any atom is 0.278 e. The molecule has 2 aromatic rings. The first-order valence-electron chi connectivity index (χ1n) is 5.31. The number of anilines is 1. The molecule has 0 atom stereocenters. The molecule has 7 heteroatoms. The van der Waals surface area contributed by atoms with Crippen LogP contribution >= 0.6 is 15.9 Å². The van der Waals surface area contributed by atoms with Gasteiger partial charge in [-0.1, -0.05) is 15.9 Å². The molecule has 0 saturated heterocycles. The minimum atomic E-state index is -0.544. The quantitative estimate of drug-likeness (QED) is 0.690. The molecule has 19 heavy (non-hydrogen) atoms. The van der Waals surface area contributed by atoms with Gasteiger partial charge in [-0.15, -0.1) is 0 Å². The lowest BCUT2D eigenvalue weighted by Gasteiger charge is -2.07. The number of nitrogen functional groups attached to an aromatic ring is 1. The van der Waals surface area contributed by atoms with E-state index < -0.39 is 4.92 Å². The molecule has 0 spiro atoms. The summed E-state index contributed by atoms with van der Waals surface area (Å²) in [6.07, 6.45) is 0. The van der Waals surface area contributed by atoms with Crippen molar-refractivity contribution in [3.8, 4) is 11.6 Å². The molecule has 1 aromatic carbocycles. The van der Waals surface area contributed by atoms with E-state index in [-0.39, 0.29) is 17.4 Å². The molecule has 0 unspecified atom stereocenters. The van der Waals surface area contributed by atoms with Crippen molar-refractivity contribution in [2.24, 2.45) is 0 Å². The first-order chi connectivity index (χ1) is 8.95. The number of ether oxygens (including phenoxy) is 1. The summed E-state index contributed by atoms with van der Waals surface area (Å²) >= 11 is 3.38. The predicted octanol–water partition coefficient (Wildman–Crippen LogP) is 3.44. The van der Waals surface area contributed by atoms with E-state index in [0.717, 1.165) is 10.0 Å². The number of nitrogens with zero attached hydrogens (tertiary/aromatic N) is 2. The summed E-state index contributed by atoms with van der Waals surface area (Å²) in [5.41, 5.74) is 6.33. The van der Waals surface area contributed by atoms with Crippen molar-refractivity contribution in [3.63, 3.8) is 0 Å². The summed E-state index contributed by atoms with van der Waals surface area (Å²) in [4.78, 5) is 14.1. The Morgan fingerprint density at radius 2 is 2.11 bits per heavy atom. The summed E-state index contributed by atoms with van der Waals surface area (Å²) in [6.45, 7) is 1.91. The minimum absolute atomic E-state index is 0.0398. The van der Waals surface area contributed by atoms with Crippen LogP contribution < -0.4 is 10.5 Å². The molecule has 2 N–H and O–H groups in total. The third kappa shape index (κ3) is 3.19. The van der Waals surface area contributed by atoms with Crippen molar-refractivity contribution in [2.75, 3.05) is 5.73 Å². The summed E-state index contributed by atoms with van der Waals surface area (Å²) in [7, 11) is 0. The third-order valence-electron chi connectivity index (χ3n) is 2.37. The van der Waals surface area contributed by atoms with Crippen LogP contribution in [0.1, 0.15) is 5.56 Å². The van der Waals surface area contributed by atoms with Gasteiger partial charge in [0.2, 0.25) is 5.88 Å². The highest BCUT2D eigenvalue weighted by Gasteiger charge is 2.11. The van der Waals surface area contributed by atoms with E-state index in [1.54, 1.807) is 12.1 Å². The van der Waals surface area contributed by atoms with E-state index in [0.29, 0.717) is 5.75 Å². The Balaban J connectivity index is 2.32. The summed E-state index contributed by atoms with van der Waals surface area (Å²) < 4.78 is 6.42. The SMILES string of the molecule is Cc1cc(Oc2cc([N+](=O)[O-])cc(N)n2)ccc1Br. The zero-order valence-electron chi connectivity index (χ0n) is 9.96. The highest BCUT2D eigenvalue weighted by atomic mass is 79.9. The second-order valence-corrected chi connectivity index (χ2v) is 4.71. The van der Waals surface area contributed by atoms with E-state index in [1.165, 1.54) is 12.1 Å². The molecule has 0 bridgehead atoms. The van der Waals surface area contributed by atoms with Gasteiger partial charge in [-0.05, 0) is 30.7 Å². The molecule has 0 radical (unpaired) electrons. The molecule has 0 fully saturated rings. The van der Waals surface area contributed by atoms with Crippen LogP contribution in [0.4, 0.5) is 11.5 Å². The van der Waals surface area contributed by atoms with Crippen molar-refractivity contribution in [2.45, 2.75) is 6.92 Å². The molecule has 0 amide bonds. The van der Waals surface area contributed by atoms with Crippen LogP contribution in [-0.4, -0.2) is 9.91 Å². The molecule has 6 nitrogen and oxygen atoms in total. The van der Waals surface area contributed by atoms with Gasteiger partial charge < -0.3 is 10.5 Å². The summed E-state index contributed by atoms with van der Waals surface area (Å²) in [6, 6.07) is 7.76. The van der Waals surface area contributed by atoms with Gasteiger partial charge in [0.05, 0.1) is 17.1 Å². The van der Waals surface area contributed by atoms with E-state index >= 15 is 0 Å². The standard InChI is InChI=1S/C12H10BrN3O3/c1-7-4-9(2-3-10(7)13)19-12-6-8(16(17)18)5-11(14)15-12/h2-6H,1H3,(H2,14,15). The Morgan fingerprint density at radius 1 is 1.37 bits per heavy atom. The largest absolute Gasteiger partial charge is 0.439 e. The first kappa shape index (κ1) is 13.3. The van der Waals surface area contributed by atoms with Gasteiger partial charge in [0.15, 0.2) is 0 Å². The van der Waals surface area contributed by atoms with E-state index in [2.05, 4.69) is 20.9 Å². The van der Waals surface area contributed by atoms with Crippen LogP contribution in [0.2, 0.25) is 0 Å². The molecular weight excluding hydrogens is 314 g/mol. The lowest BCUT2D eigenvalue weighted by atomic mass is 10.2. The number of nitro groups is 1. The Kier molecular flexibility index (Phi) is 3.66. The van der Waals surface area contributed by atoms with Crippen molar-refractivity contribution >= 4 is 27.4 Å². The second kappa shape index (κ2) is 5.23. The maximum absolute atomic E-state index is 10.7. The Labute approximate surface area is 117 Å². The lowest BCUT2D eigenvalue weighted by Crippen LogP contribution is -1.97.